The molecule has 0 aromatic heterocycles. The Balaban J connectivity index is 3.50. The number of benzene rings is 1. The minimum absolute atomic E-state index is 0.0352. The number of thiol groups is 1. The maximum atomic E-state index is 10.6. The van der Waals surface area contributed by atoms with Gasteiger partial charge in [-0.3, -0.25) is 0 Å². The molecule has 0 amide bonds. The summed E-state index contributed by atoms with van der Waals surface area (Å²) in [5, 5.41) is 17.4. The number of hydrogen-bond donors (Lipinski definition) is 2. The molecule has 0 aliphatic rings. The zero-order valence-electron chi connectivity index (χ0n) is 6.28. The fourth-order valence-corrected chi connectivity index (χ4v) is 1.47. The van der Waals surface area contributed by atoms with E-state index in [4.69, 9.17) is 22.0 Å². The van der Waals surface area contributed by atoms with Gasteiger partial charge in [0.2, 0.25) is 0 Å². The lowest BCUT2D eigenvalue weighted by molar-refractivity contribution is 0.0696. The van der Waals surface area contributed by atoms with E-state index in [0.717, 1.165) is 0 Å². The number of carbonyl (C=O) groups is 1. The van der Waals surface area contributed by atoms with Gasteiger partial charge in [0.25, 0.3) is 0 Å². The molecule has 0 bridgehead atoms. The maximum Gasteiger partial charge on any atom is 0.337 e. The molecule has 0 aliphatic carbocycles. The topological polar surface area (TPSA) is 61.1 Å². The Bertz CT molecular complexity index is 411. The molecular weight excluding hydrogens is 210 g/mol. The van der Waals surface area contributed by atoms with E-state index >= 15 is 0 Å². The number of aromatic carboxylic acids is 1. The van der Waals surface area contributed by atoms with Crippen molar-refractivity contribution < 1.29 is 9.90 Å². The number of hydrogen-bond acceptors (Lipinski definition) is 3. The highest BCUT2D eigenvalue weighted by Gasteiger charge is 2.13. The van der Waals surface area contributed by atoms with Crippen LogP contribution in [0.4, 0.5) is 0 Å². The summed E-state index contributed by atoms with van der Waals surface area (Å²) in [6, 6.07) is 4.44. The summed E-state index contributed by atoms with van der Waals surface area (Å²) in [6.07, 6.45) is 0. The summed E-state index contributed by atoms with van der Waals surface area (Å²) >= 11 is 9.59. The minimum Gasteiger partial charge on any atom is -0.478 e. The van der Waals surface area contributed by atoms with Crippen LogP contribution in [0.3, 0.4) is 0 Å². The number of carboxylic acids is 1. The first-order valence-corrected chi connectivity index (χ1v) is 4.04. The first kappa shape index (κ1) is 9.90. The normalized spacial score (nSPS) is 9.31. The second kappa shape index (κ2) is 3.69. The Kier molecular flexibility index (Phi) is 2.81. The number of halogens is 1. The van der Waals surface area contributed by atoms with E-state index in [1.54, 1.807) is 6.07 Å². The predicted molar refractivity (Wildman–Crippen MR) is 50.4 cm³/mol. The highest BCUT2D eigenvalue weighted by atomic mass is 35.5. The lowest BCUT2D eigenvalue weighted by Crippen LogP contribution is -2.00. The fourth-order valence-electron chi connectivity index (χ4n) is 0.875. The summed E-state index contributed by atoms with van der Waals surface area (Å²) < 4.78 is 0. The molecule has 1 N–H and O–H groups in total. The highest BCUT2D eigenvalue weighted by molar-refractivity contribution is 7.80. The van der Waals surface area contributed by atoms with Crippen molar-refractivity contribution in [3.05, 3.63) is 28.3 Å². The van der Waals surface area contributed by atoms with Gasteiger partial charge >= 0.3 is 5.97 Å². The van der Waals surface area contributed by atoms with E-state index in [1.165, 1.54) is 12.1 Å². The van der Waals surface area contributed by atoms with Crippen LogP contribution in [-0.2, 0) is 0 Å². The molecule has 0 aliphatic heterocycles. The molecule has 0 fully saturated rings. The van der Waals surface area contributed by atoms with Crippen molar-refractivity contribution in [1.29, 1.82) is 5.26 Å². The van der Waals surface area contributed by atoms with Crippen LogP contribution >= 0.6 is 24.2 Å². The number of carboxylic acid groups (broad SMARTS) is 1. The Morgan fingerprint density at radius 1 is 1.62 bits per heavy atom. The molecule has 1 aromatic rings. The molecule has 0 heterocycles. The van der Waals surface area contributed by atoms with E-state index in [-0.39, 0.29) is 16.1 Å². The molecule has 0 atom stereocenters. The molecule has 0 saturated heterocycles. The quantitative estimate of drug-likeness (QED) is 0.703. The fraction of sp³-hybridized carbons (Fsp3) is 0. The Morgan fingerprint density at radius 3 is 2.69 bits per heavy atom. The lowest BCUT2D eigenvalue weighted by Gasteiger charge is -2.01. The van der Waals surface area contributed by atoms with E-state index < -0.39 is 5.97 Å². The van der Waals surface area contributed by atoms with Gasteiger partial charge < -0.3 is 5.11 Å². The second-order valence-corrected chi connectivity index (χ2v) is 3.19. The van der Waals surface area contributed by atoms with Crippen molar-refractivity contribution in [2.24, 2.45) is 0 Å². The largest absolute Gasteiger partial charge is 0.478 e. The molecule has 0 saturated carbocycles. The SMILES string of the molecule is N#Cc1c(Cl)cc(S)cc1C(=O)O. The van der Waals surface area contributed by atoms with Crippen molar-refractivity contribution in [1.82, 2.24) is 0 Å². The summed E-state index contributed by atoms with van der Waals surface area (Å²) in [4.78, 5) is 11.1. The summed E-state index contributed by atoms with van der Waals surface area (Å²) in [6.45, 7) is 0. The maximum absolute atomic E-state index is 10.6. The van der Waals surface area contributed by atoms with Crippen molar-refractivity contribution in [2.45, 2.75) is 4.90 Å². The minimum atomic E-state index is -1.19. The average molecular weight is 214 g/mol. The van der Waals surface area contributed by atoms with E-state index in [0.29, 0.717) is 4.90 Å². The Hall–Kier alpha value is -1.18. The zero-order chi connectivity index (χ0) is 10.0. The van der Waals surface area contributed by atoms with Crippen molar-refractivity contribution in [3.63, 3.8) is 0 Å². The van der Waals surface area contributed by atoms with Crippen molar-refractivity contribution >= 4 is 30.2 Å². The standard InChI is InChI=1S/C8H4ClNO2S/c9-7-2-4(13)1-5(8(11)12)6(7)3-10/h1-2,13H,(H,11,12). The monoisotopic (exact) mass is 213 g/mol. The highest BCUT2D eigenvalue weighted by Crippen LogP contribution is 2.23. The van der Waals surface area contributed by atoms with E-state index in [1.807, 2.05) is 0 Å². The predicted octanol–water partition coefficient (Wildman–Crippen LogP) is 2.20. The molecular formula is C8H4ClNO2S. The van der Waals surface area contributed by atoms with Crippen molar-refractivity contribution in [3.8, 4) is 6.07 Å². The summed E-state index contributed by atoms with van der Waals surface area (Å²) in [5.74, 6) is -1.19. The molecule has 0 unspecified atom stereocenters. The van der Waals surface area contributed by atoms with Crippen LogP contribution < -0.4 is 0 Å². The smallest absolute Gasteiger partial charge is 0.337 e. The molecule has 13 heavy (non-hydrogen) atoms. The van der Waals surface area contributed by atoms with Gasteiger partial charge in [-0.25, -0.2) is 4.79 Å². The van der Waals surface area contributed by atoms with Crippen LogP contribution in [-0.4, -0.2) is 11.1 Å². The van der Waals surface area contributed by atoms with Gasteiger partial charge in [-0.05, 0) is 12.1 Å². The molecule has 3 nitrogen and oxygen atoms in total. The van der Waals surface area contributed by atoms with Crippen molar-refractivity contribution in [2.75, 3.05) is 0 Å². The van der Waals surface area contributed by atoms with E-state index in [2.05, 4.69) is 12.6 Å². The van der Waals surface area contributed by atoms with Crippen LogP contribution in [0, 0.1) is 11.3 Å². The van der Waals surface area contributed by atoms with Gasteiger partial charge in [0, 0.05) is 4.90 Å². The lowest BCUT2D eigenvalue weighted by atomic mass is 10.1. The molecule has 1 rings (SSSR count). The van der Waals surface area contributed by atoms with Gasteiger partial charge in [0.1, 0.15) is 6.07 Å². The van der Waals surface area contributed by atoms with Crippen LogP contribution in [0.1, 0.15) is 15.9 Å². The Labute approximate surface area is 85.0 Å². The average Bonchev–Trinajstić information content (AvgIpc) is 2.02. The van der Waals surface area contributed by atoms with Gasteiger partial charge in [0.05, 0.1) is 16.1 Å². The van der Waals surface area contributed by atoms with Crippen LogP contribution in [0.15, 0.2) is 17.0 Å². The number of nitriles is 1. The first-order chi connectivity index (χ1) is 6.06. The van der Waals surface area contributed by atoms with E-state index in [9.17, 15) is 4.79 Å². The van der Waals surface area contributed by atoms with Gasteiger partial charge in [0.15, 0.2) is 0 Å². The second-order valence-electron chi connectivity index (χ2n) is 2.27. The summed E-state index contributed by atoms with van der Waals surface area (Å²) in [5.41, 5.74) is -0.160. The zero-order valence-corrected chi connectivity index (χ0v) is 7.93. The van der Waals surface area contributed by atoms with Gasteiger partial charge in [-0.15, -0.1) is 12.6 Å². The number of nitrogens with zero attached hydrogens (tertiary/aromatic N) is 1. The first-order valence-electron chi connectivity index (χ1n) is 3.22. The van der Waals surface area contributed by atoms with Crippen LogP contribution in [0.2, 0.25) is 5.02 Å². The molecule has 5 heteroatoms. The number of rotatable bonds is 1. The van der Waals surface area contributed by atoms with Crippen LogP contribution in [0.25, 0.3) is 0 Å². The summed E-state index contributed by atoms with van der Waals surface area (Å²) in [7, 11) is 0. The van der Waals surface area contributed by atoms with Gasteiger partial charge in [-0.2, -0.15) is 5.26 Å². The Morgan fingerprint density at radius 2 is 2.23 bits per heavy atom. The third-order valence-electron chi connectivity index (χ3n) is 1.42. The molecule has 0 spiro atoms. The third kappa shape index (κ3) is 1.94. The third-order valence-corrected chi connectivity index (χ3v) is 1.97. The molecule has 1 aromatic carbocycles. The van der Waals surface area contributed by atoms with Crippen LogP contribution in [0.5, 0.6) is 0 Å². The van der Waals surface area contributed by atoms with Gasteiger partial charge in [-0.1, -0.05) is 11.6 Å². The molecule has 66 valence electrons. The molecule has 0 radical (unpaired) electrons.